The normalized spacial score (nSPS) is 30.1. The fourth-order valence-electron chi connectivity index (χ4n) is 5.59. The van der Waals surface area contributed by atoms with E-state index in [4.69, 9.17) is 4.42 Å². The Morgan fingerprint density at radius 1 is 1.20 bits per heavy atom. The first-order valence-corrected chi connectivity index (χ1v) is 9.65. The predicted molar refractivity (Wildman–Crippen MR) is 95.3 cm³/mol. The molecular formula is C21H25NO3. The second-order valence-electron chi connectivity index (χ2n) is 8.18. The van der Waals surface area contributed by atoms with Crippen molar-refractivity contribution in [1.82, 2.24) is 5.32 Å². The summed E-state index contributed by atoms with van der Waals surface area (Å²) in [6, 6.07) is 4.52. The maximum Gasteiger partial charge on any atom is 0.224 e. The SMILES string of the molecule is O=C(Cc1coc2cc3c(cc12)CCC3)N[C@H]1[C@H]2CC[C@@H](C2)[C@@H]1CO. The summed E-state index contributed by atoms with van der Waals surface area (Å²) in [5.74, 6) is 1.44. The Morgan fingerprint density at radius 3 is 2.84 bits per heavy atom. The molecule has 3 aliphatic carbocycles. The van der Waals surface area contributed by atoms with E-state index >= 15 is 0 Å². The van der Waals surface area contributed by atoms with E-state index in [1.807, 2.05) is 0 Å². The number of amides is 1. The number of carbonyl (C=O) groups is 1. The molecule has 0 radical (unpaired) electrons. The van der Waals surface area contributed by atoms with E-state index in [0.29, 0.717) is 18.3 Å². The van der Waals surface area contributed by atoms with Crippen LogP contribution in [0, 0.1) is 17.8 Å². The third-order valence-corrected chi connectivity index (χ3v) is 6.85. The molecule has 1 aromatic heterocycles. The fourth-order valence-corrected chi connectivity index (χ4v) is 5.59. The number of fused-ring (bicyclic) bond motifs is 4. The summed E-state index contributed by atoms with van der Waals surface area (Å²) in [5, 5.41) is 14.0. The molecule has 1 amide bonds. The van der Waals surface area contributed by atoms with Crippen molar-refractivity contribution < 1.29 is 14.3 Å². The van der Waals surface area contributed by atoms with E-state index < -0.39 is 0 Å². The van der Waals surface area contributed by atoms with Crippen molar-refractivity contribution in [2.75, 3.05) is 6.61 Å². The number of hydrogen-bond acceptors (Lipinski definition) is 3. The van der Waals surface area contributed by atoms with Crippen LogP contribution in [0.5, 0.6) is 0 Å². The van der Waals surface area contributed by atoms with Gasteiger partial charge in [0.1, 0.15) is 5.58 Å². The molecule has 2 fully saturated rings. The lowest BCUT2D eigenvalue weighted by Gasteiger charge is -2.30. The smallest absolute Gasteiger partial charge is 0.224 e. The van der Waals surface area contributed by atoms with Crippen molar-refractivity contribution >= 4 is 16.9 Å². The molecule has 25 heavy (non-hydrogen) atoms. The number of aliphatic hydroxyl groups excluding tert-OH is 1. The maximum absolute atomic E-state index is 12.6. The Bertz CT molecular complexity index is 824. The summed E-state index contributed by atoms with van der Waals surface area (Å²) in [4.78, 5) is 12.6. The monoisotopic (exact) mass is 339 g/mol. The molecule has 0 saturated heterocycles. The first kappa shape index (κ1) is 15.4. The van der Waals surface area contributed by atoms with Crippen LogP contribution < -0.4 is 5.32 Å². The molecule has 2 bridgehead atoms. The van der Waals surface area contributed by atoms with Gasteiger partial charge >= 0.3 is 0 Å². The molecule has 4 heteroatoms. The molecule has 132 valence electrons. The topological polar surface area (TPSA) is 62.5 Å². The van der Waals surface area contributed by atoms with Crippen LogP contribution in [-0.4, -0.2) is 23.7 Å². The molecule has 2 aromatic rings. The first-order valence-electron chi connectivity index (χ1n) is 9.65. The van der Waals surface area contributed by atoms with Crippen LogP contribution in [-0.2, 0) is 24.1 Å². The fraction of sp³-hybridized carbons (Fsp3) is 0.571. The quantitative estimate of drug-likeness (QED) is 0.900. The van der Waals surface area contributed by atoms with E-state index in [1.54, 1.807) is 6.26 Å². The van der Waals surface area contributed by atoms with Crippen LogP contribution in [0.1, 0.15) is 42.4 Å². The van der Waals surface area contributed by atoms with E-state index in [-0.39, 0.29) is 24.5 Å². The lowest BCUT2D eigenvalue weighted by atomic mass is 9.85. The van der Waals surface area contributed by atoms with E-state index in [2.05, 4.69) is 17.4 Å². The highest BCUT2D eigenvalue weighted by atomic mass is 16.3. The average molecular weight is 339 g/mol. The number of rotatable bonds is 4. The molecule has 4 nitrogen and oxygen atoms in total. The Labute approximate surface area is 147 Å². The van der Waals surface area contributed by atoms with Crippen molar-refractivity contribution in [1.29, 1.82) is 0 Å². The third-order valence-electron chi connectivity index (χ3n) is 6.85. The predicted octanol–water partition coefficient (Wildman–Crippen LogP) is 2.99. The van der Waals surface area contributed by atoms with Gasteiger partial charge in [-0.1, -0.05) is 0 Å². The van der Waals surface area contributed by atoms with Crippen LogP contribution in [0.2, 0.25) is 0 Å². The van der Waals surface area contributed by atoms with Crippen molar-refractivity contribution in [3.63, 3.8) is 0 Å². The minimum absolute atomic E-state index is 0.0548. The zero-order chi connectivity index (χ0) is 17.0. The molecule has 0 aliphatic heterocycles. The summed E-state index contributed by atoms with van der Waals surface area (Å²) in [6.45, 7) is 0.187. The first-order chi connectivity index (χ1) is 12.2. The Kier molecular flexibility index (Phi) is 3.63. The molecule has 5 rings (SSSR count). The molecule has 2 N–H and O–H groups in total. The van der Waals surface area contributed by atoms with E-state index in [9.17, 15) is 9.90 Å². The van der Waals surface area contributed by atoms with Gasteiger partial charge in [-0.25, -0.2) is 0 Å². The van der Waals surface area contributed by atoms with Crippen molar-refractivity contribution in [2.24, 2.45) is 17.8 Å². The minimum Gasteiger partial charge on any atom is -0.464 e. The number of aryl methyl sites for hydroxylation is 2. The second-order valence-corrected chi connectivity index (χ2v) is 8.18. The Hall–Kier alpha value is -1.81. The van der Waals surface area contributed by atoms with E-state index in [1.165, 1.54) is 30.4 Å². The lowest BCUT2D eigenvalue weighted by molar-refractivity contribution is -0.122. The molecule has 1 heterocycles. The number of hydrogen-bond donors (Lipinski definition) is 2. The number of nitrogens with one attached hydrogen (secondary N) is 1. The largest absolute Gasteiger partial charge is 0.464 e. The average Bonchev–Trinajstić information content (AvgIpc) is 3.36. The molecule has 0 spiro atoms. The zero-order valence-corrected chi connectivity index (χ0v) is 14.5. The number of aliphatic hydroxyl groups is 1. The van der Waals surface area contributed by atoms with Gasteiger partial charge in [0.2, 0.25) is 5.91 Å². The van der Waals surface area contributed by atoms with Gasteiger partial charge in [0, 0.05) is 29.5 Å². The van der Waals surface area contributed by atoms with Gasteiger partial charge < -0.3 is 14.8 Å². The highest BCUT2D eigenvalue weighted by Gasteiger charge is 2.47. The number of benzene rings is 1. The summed E-state index contributed by atoms with van der Waals surface area (Å²) in [7, 11) is 0. The van der Waals surface area contributed by atoms with Crippen LogP contribution in [0.4, 0.5) is 0 Å². The van der Waals surface area contributed by atoms with Crippen molar-refractivity contribution in [3.8, 4) is 0 Å². The number of furan rings is 1. The van der Waals surface area contributed by atoms with Crippen LogP contribution in [0.25, 0.3) is 11.0 Å². The third kappa shape index (κ3) is 2.50. The van der Waals surface area contributed by atoms with Gasteiger partial charge in [0.05, 0.1) is 12.7 Å². The van der Waals surface area contributed by atoms with Gasteiger partial charge in [-0.3, -0.25) is 4.79 Å². The molecular weight excluding hydrogens is 314 g/mol. The summed E-state index contributed by atoms with van der Waals surface area (Å²) >= 11 is 0. The molecule has 4 atom stereocenters. The van der Waals surface area contributed by atoms with Gasteiger partial charge in [-0.05, 0) is 73.6 Å². The molecule has 0 unspecified atom stereocenters. The van der Waals surface area contributed by atoms with Crippen LogP contribution >= 0.6 is 0 Å². The van der Waals surface area contributed by atoms with Gasteiger partial charge in [0.15, 0.2) is 0 Å². The maximum atomic E-state index is 12.6. The van der Waals surface area contributed by atoms with Gasteiger partial charge in [0.25, 0.3) is 0 Å². The van der Waals surface area contributed by atoms with E-state index in [0.717, 1.165) is 35.8 Å². The summed E-state index contributed by atoms with van der Waals surface area (Å²) in [5.41, 5.74) is 4.68. The Balaban J connectivity index is 1.33. The minimum atomic E-state index is 0.0548. The van der Waals surface area contributed by atoms with Gasteiger partial charge in [-0.15, -0.1) is 0 Å². The van der Waals surface area contributed by atoms with Crippen molar-refractivity contribution in [3.05, 3.63) is 35.1 Å². The standard InChI is InChI=1S/C21H25NO3/c23-10-18-14-4-5-15(6-14)21(18)22-20(24)9-16-11-25-19-8-13-3-1-2-12(13)7-17(16)19/h7-8,11,14-15,18,21,23H,1-6,9-10H2,(H,22,24)/t14-,15-,18-,21-/m0/s1. The molecule has 2 saturated carbocycles. The molecule has 1 aromatic carbocycles. The van der Waals surface area contributed by atoms with Gasteiger partial charge in [-0.2, -0.15) is 0 Å². The molecule has 3 aliphatic rings. The second kappa shape index (κ2) is 5.87. The Morgan fingerprint density at radius 2 is 2.00 bits per heavy atom. The van der Waals surface area contributed by atoms with Crippen LogP contribution in [0.3, 0.4) is 0 Å². The summed E-state index contributed by atoms with van der Waals surface area (Å²) in [6.07, 6.45) is 9.13. The highest BCUT2D eigenvalue weighted by molar-refractivity contribution is 5.88. The zero-order valence-electron chi connectivity index (χ0n) is 14.5. The van der Waals surface area contributed by atoms with Crippen molar-refractivity contribution in [2.45, 2.75) is 51.0 Å². The number of carbonyl (C=O) groups excluding carboxylic acids is 1. The highest BCUT2D eigenvalue weighted by Crippen LogP contribution is 2.48. The lowest BCUT2D eigenvalue weighted by Crippen LogP contribution is -2.45. The summed E-state index contributed by atoms with van der Waals surface area (Å²) < 4.78 is 5.72. The van der Waals surface area contributed by atoms with Crippen LogP contribution in [0.15, 0.2) is 22.8 Å².